The smallest absolute Gasteiger partial charge is 0.152 e. The van der Waals surface area contributed by atoms with Gasteiger partial charge in [-0.3, -0.25) is 4.79 Å². The molecule has 1 aromatic carbocycles. The molecule has 3 nitrogen and oxygen atoms in total. The van der Waals surface area contributed by atoms with Crippen LogP contribution in [0.2, 0.25) is 0 Å². The third-order valence-electron chi connectivity index (χ3n) is 2.75. The van der Waals surface area contributed by atoms with Gasteiger partial charge in [0.05, 0.1) is 17.7 Å². The largest absolute Gasteiger partial charge is 0.369 e. The fraction of sp³-hybridized carbons (Fsp3) is 0.231. The summed E-state index contributed by atoms with van der Waals surface area (Å²) < 4.78 is 13.1. The second-order valence-electron chi connectivity index (χ2n) is 4.04. The van der Waals surface area contributed by atoms with Gasteiger partial charge >= 0.3 is 0 Å². The number of aryl methyl sites for hydroxylation is 1. The maximum absolute atomic E-state index is 13.1. The van der Waals surface area contributed by atoms with Crippen LogP contribution in [-0.4, -0.2) is 18.3 Å². The van der Waals surface area contributed by atoms with Gasteiger partial charge in [-0.1, -0.05) is 0 Å². The van der Waals surface area contributed by atoms with Gasteiger partial charge in [0.2, 0.25) is 0 Å². The SMILES string of the molecule is Cc1ncsc1CN(C)c1ccc(F)cc1C=O. The highest BCUT2D eigenvalue weighted by molar-refractivity contribution is 7.09. The number of benzene rings is 1. The van der Waals surface area contributed by atoms with Crippen LogP contribution in [0.15, 0.2) is 23.7 Å². The van der Waals surface area contributed by atoms with Crippen LogP contribution in [-0.2, 0) is 6.54 Å². The molecular formula is C13H13FN2OS. The number of thiazole rings is 1. The molecule has 1 heterocycles. The zero-order valence-electron chi connectivity index (χ0n) is 10.2. The van der Waals surface area contributed by atoms with Gasteiger partial charge < -0.3 is 4.90 Å². The van der Waals surface area contributed by atoms with Crippen LogP contribution in [0, 0.1) is 12.7 Å². The molecule has 0 aliphatic heterocycles. The second-order valence-corrected chi connectivity index (χ2v) is 4.98. The number of hydrogen-bond donors (Lipinski definition) is 0. The Morgan fingerprint density at radius 1 is 1.50 bits per heavy atom. The summed E-state index contributed by atoms with van der Waals surface area (Å²) in [7, 11) is 1.87. The number of nitrogens with zero attached hydrogens (tertiary/aromatic N) is 2. The maximum Gasteiger partial charge on any atom is 0.152 e. The molecule has 0 unspecified atom stereocenters. The van der Waals surface area contributed by atoms with E-state index in [0.717, 1.165) is 16.3 Å². The second kappa shape index (κ2) is 5.27. The molecule has 1 aromatic heterocycles. The lowest BCUT2D eigenvalue weighted by Gasteiger charge is -2.20. The molecular weight excluding hydrogens is 251 g/mol. The number of halogens is 1. The van der Waals surface area contributed by atoms with Crippen molar-refractivity contribution in [3.05, 3.63) is 45.7 Å². The van der Waals surface area contributed by atoms with Crippen LogP contribution >= 0.6 is 11.3 Å². The van der Waals surface area contributed by atoms with E-state index in [0.29, 0.717) is 18.4 Å². The quantitative estimate of drug-likeness (QED) is 0.796. The first kappa shape index (κ1) is 12.7. The molecule has 0 spiro atoms. The van der Waals surface area contributed by atoms with Gasteiger partial charge in [-0.25, -0.2) is 9.37 Å². The van der Waals surface area contributed by atoms with E-state index in [4.69, 9.17) is 0 Å². The lowest BCUT2D eigenvalue weighted by Crippen LogP contribution is -2.18. The van der Waals surface area contributed by atoms with Crippen molar-refractivity contribution in [2.75, 3.05) is 11.9 Å². The minimum Gasteiger partial charge on any atom is -0.369 e. The Balaban J connectivity index is 2.26. The Labute approximate surface area is 109 Å². The fourth-order valence-corrected chi connectivity index (χ4v) is 2.58. The van der Waals surface area contributed by atoms with Crippen LogP contribution in [0.25, 0.3) is 0 Å². The molecule has 0 saturated heterocycles. The predicted molar refractivity (Wildman–Crippen MR) is 70.7 cm³/mol. The van der Waals surface area contributed by atoms with Crippen molar-refractivity contribution in [1.29, 1.82) is 0 Å². The van der Waals surface area contributed by atoms with Crippen molar-refractivity contribution >= 4 is 23.3 Å². The van der Waals surface area contributed by atoms with E-state index in [1.165, 1.54) is 12.1 Å². The number of rotatable bonds is 4. The summed E-state index contributed by atoms with van der Waals surface area (Å²) in [6, 6.07) is 4.23. The summed E-state index contributed by atoms with van der Waals surface area (Å²) in [6.45, 7) is 2.61. The molecule has 2 rings (SSSR count). The van der Waals surface area contributed by atoms with Crippen LogP contribution < -0.4 is 4.90 Å². The Morgan fingerprint density at radius 3 is 2.89 bits per heavy atom. The topological polar surface area (TPSA) is 33.2 Å². The first-order valence-corrected chi connectivity index (χ1v) is 6.34. The molecule has 0 aliphatic carbocycles. The maximum atomic E-state index is 13.1. The average molecular weight is 264 g/mol. The van der Waals surface area contributed by atoms with E-state index in [1.54, 1.807) is 22.9 Å². The van der Waals surface area contributed by atoms with Gasteiger partial charge in [0.25, 0.3) is 0 Å². The highest BCUT2D eigenvalue weighted by atomic mass is 32.1. The molecule has 0 atom stereocenters. The molecule has 0 amide bonds. The van der Waals surface area contributed by atoms with Crippen molar-refractivity contribution in [2.24, 2.45) is 0 Å². The van der Waals surface area contributed by atoms with E-state index >= 15 is 0 Å². The Morgan fingerprint density at radius 2 is 2.28 bits per heavy atom. The number of aldehydes is 1. The predicted octanol–water partition coefficient (Wildman–Crippen LogP) is 3.04. The van der Waals surface area contributed by atoms with E-state index in [9.17, 15) is 9.18 Å². The molecule has 5 heteroatoms. The van der Waals surface area contributed by atoms with E-state index in [2.05, 4.69) is 4.98 Å². The minimum atomic E-state index is -0.400. The van der Waals surface area contributed by atoms with Crippen LogP contribution in [0.3, 0.4) is 0 Å². The summed E-state index contributed by atoms with van der Waals surface area (Å²) in [6.07, 6.45) is 0.675. The zero-order valence-corrected chi connectivity index (χ0v) is 11.0. The molecule has 0 aliphatic rings. The van der Waals surface area contributed by atoms with Gasteiger partial charge in [0.1, 0.15) is 5.82 Å². The normalized spacial score (nSPS) is 10.4. The molecule has 0 fully saturated rings. The minimum absolute atomic E-state index is 0.361. The molecule has 94 valence electrons. The van der Waals surface area contributed by atoms with E-state index in [1.807, 2.05) is 18.9 Å². The monoisotopic (exact) mass is 264 g/mol. The summed E-state index contributed by atoms with van der Waals surface area (Å²) >= 11 is 1.57. The molecule has 0 saturated carbocycles. The number of hydrogen-bond acceptors (Lipinski definition) is 4. The van der Waals surface area contributed by atoms with Gasteiger partial charge in [-0.15, -0.1) is 11.3 Å². The van der Waals surface area contributed by atoms with Crippen LogP contribution in [0.5, 0.6) is 0 Å². The molecule has 0 radical (unpaired) electrons. The van der Waals surface area contributed by atoms with Gasteiger partial charge in [0.15, 0.2) is 6.29 Å². The fourth-order valence-electron chi connectivity index (χ4n) is 1.75. The Hall–Kier alpha value is -1.75. The zero-order chi connectivity index (χ0) is 13.1. The van der Waals surface area contributed by atoms with Gasteiger partial charge in [-0.2, -0.15) is 0 Å². The standard InChI is InChI=1S/C13H13FN2OS/c1-9-13(18-8-15-9)6-16(2)12-4-3-11(14)5-10(12)7-17/h3-5,7-8H,6H2,1-2H3. The lowest BCUT2D eigenvalue weighted by atomic mass is 10.1. The summed E-state index contributed by atoms with van der Waals surface area (Å²) in [4.78, 5) is 18.2. The number of anilines is 1. The van der Waals surface area contributed by atoms with Crippen molar-refractivity contribution in [1.82, 2.24) is 4.98 Å². The number of aromatic nitrogens is 1. The third-order valence-corrected chi connectivity index (χ3v) is 3.67. The highest BCUT2D eigenvalue weighted by Crippen LogP contribution is 2.23. The van der Waals surface area contributed by atoms with Crippen molar-refractivity contribution in [2.45, 2.75) is 13.5 Å². The lowest BCUT2D eigenvalue weighted by molar-refractivity contribution is 0.112. The number of carbonyl (C=O) groups is 1. The van der Waals surface area contributed by atoms with Gasteiger partial charge in [-0.05, 0) is 25.1 Å². The Bertz CT molecular complexity index is 568. The first-order chi connectivity index (χ1) is 8.61. The van der Waals surface area contributed by atoms with Crippen LogP contribution in [0.4, 0.5) is 10.1 Å². The summed E-state index contributed by atoms with van der Waals surface area (Å²) in [5.74, 6) is -0.400. The van der Waals surface area contributed by atoms with Crippen LogP contribution in [0.1, 0.15) is 20.9 Å². The first-order valence-electron chi connectivity index (χ1n) is 5.46. The van der Waals surface area contributed by atoms with Crippen molar-refractivity contribution < 1.29 is 9.18 Å². The molecule has 18 heavy (non-hydrogen) atoms. The van der Waals surface area contributed by atoms with E-state index in [-0.39, 0.29) is 0 Å². The number of carbonyl (C=O) groups excluding carboxylic acids is 1. The molecule has 2 aromatic rings. The molecule has 0 bridgehead atoms. The molecule has 0 N–H and O–H groups in total. The average Bonchev–Trinajstić information content (AvgIpc) is 2.74. The van der Waals surface area contributed by atoms with Crippen molar-refractivity contribution in [3.63, 3.8) is 0 Å². The highest BCUT2D eigenvalue weighted by Gasteiger charge is 2.11. The van der Waals surface area contributed by atoms with Crippen molar-refractivity contribution in [3.8, 4) is 0 Å². The van der Waals surface area contributed by atoms with E-state index < -0.39 is 5.82 Å². The third kappa shape index (κ3) is 2.56. The Kier molecular flexibility index (Phi) is 3.72. The summed E-state index contributed by atoms with van der Waals surface area (Å²) in [5, 5.41) is 0. The summed E-state index contributed by atoms with van der Waals surface area (Å²) in [5.41, 5.74) is 3.87. The van der Waals surface area contributed by atoms with Gasteiger partial charge in [0, 0.05) is 23.2 Å².